The highest BCUT2D eigenvalue weighted by atomic mass is 16.5. The lowest BCUT2D eigenvalue weighted by Gasteiger charge is -2.52. The van der Waals surface area contributed by atoms with Crippen molar-refractivity contribution in [1.82, 2.24) is 80.5 Å². The quantitative estimate of drug-likeness (QED) is 0.149. The lowest BCUT2D eigenvalue weighted by molar-refractivity contribution is -0.136. The van der Waals surface area contributed by atoms with Crippen LogP contribution >= 0.6 is 0 Å². The molecule has 3 unspecified atom stereocenters. The largest absolute Gasteiger partial charge is 0.373 e. The molecule has 380 valence electrons. The number of nitrogens with one attached hydrogen (secondary N) is 3. The van der Waals surface area contributed by atoms with Crippen molar-refractivity contribution in [3.8, 4) is 11.3 Å². The Morgan fingerprint density at radius 1 is 0.877 bits per heavy atom. The Labute approximate surface area is 421 Å². The van der Waals surface area contributed by atoms with Crippen LogP contribution in [-0.2, 0) is 33.3 Å². The minimum absolute atomic E-state index is 0.0900. The molecule has 22 heteroatoms. The molecular formula is C51H62N18O4. The zero-order valence-electron chi connectivity index (χ0n) is 41.2. The van der Waals surface area contributed by atoms with Crippen LogP contribution in [0.15, 0.2) is 84.5 Å². The maximum absolute atomic E-state index is 13.5. The lowest BCUT2D eigenvalue weighted by atomic mass is 9.60. The number of hydrazine groups is 1. The maximum atomic E-state index is 13.5. The summed E-state index contributed by atoms with van der Waals surface area (Å²) < 4.78 is 11.0. The third-order valence-electron chi connectivity index (χ3n) is 16.0. The Balaban J connectivity index is 0.710. The lowest BCUT2D eigenvalue weighted by Crippen LogP contribution is -2.63. The van der Waals surface area contributed by atoms with Crippen molar-refractivity contribution < 1.29 is 14.3 Å². The Morgan fingerprint density at radius 3 is 2.53 bits per heavy atom. The van der Waals surface area contributed by atoms with Crippen LogP contribution < -0.4 is 31.3 Å². The first-order chi connectivity index (χ1) is 35.7. The summed E-state index contributed by atoms with van der Waals surface area (Å²) in [5.41, 5.74) is 4.38. The molecule has 5 saturated heterocycles. The Kier molecular flexibility index (Phi) is 12.8. The van der Waals surface area contributed by atoms with Crippen molar-refractivity contribution in [1.29, 1.82) is 0 Å². The second-order valence-corrected chi connectivity index (χ2v) is 20.7. The summed E-state index contributed by atoms with van der Waals surface area (Å²) in [6.45, 7) is 10.6. The average Bonchev–Trinajstić information content (AvgIpc) is 4.05. The summed E-state index contributed by atoms with van der Waals surface area (Å²) >= 11 is 0. The maximum Gasteiger partial charge on any atom is 0.275 e. The molecule has 5 aromatic heterocycles. The van der Waals surface area contributed by atoms with Gasteiger partial charge in [0.2, 0.25) is 17.5 Å². The van der Waals surface area contributed by atoms with Gasteiger partial charge in [0.05, 0.1) is 48.9 Å². The second kappa shape index (κ2) is 19.9. The average molecular weight is 991 g/mol. The number of fused-ring (bicyclic) bond motifs is 2. The fourth-order valence-corrected chi connectivity index (χ4v) is 12.2. The Morgan fingerprint density at radius 2 is 1.74 bits per heavy atom. The molecule has 0 saturated carbocycles. The molecule has 5 aliphatic heterocycles. The van der Waals surface area contributed by atoms with Crippen LogP contribution in [0.2, 0.25) is 0 Å². The molecule has 22 nitrogen and oxygen atoms in total. The highest BCUT2D eigenvalue weighted by Crippen LogP contribution is 2.49. The molecule has 6 aromatic rings. The number of aromatic nitrogens is 11. The van der Waals surface area contributed by atoms with E-state index in [2.05, 4.69) is 98.0 Å². The Hall–Kier alpha value is -6.85. The number of hydrogen-bond acceptors (Lipinski definition) is 18. The molecular weight excluding hydrogens is 929 g/mol. The summed E-state index contributed by atoms with van der Waals surface area (Å²) in [7, 11) is 1.87. The molecule has 6 aliphatic rings. The van der Waals surface area contributed by atoms with Crippen LogP contribution in [-0.4, -0.2) is 167 Å². The van der Waals surface area contributed by atoms with Gasteiger partial charge >= 0.3 is 0 Å². The van der Waals surface area contributed by atoms with E-state index in [0.29, 0.717) is 60.6 Å². The van der Waals surface area contributed by atoms with Crippen LogP contribution in [0.1, 0.15) is 56.6 Å². The highest BCUT2D eigenvalue weighted by molar-refractivity contribution is 5.99. The van der Waals surface area contributed by atoms with Gasteiger partial charge in [0.25, 0.3) is 11.5 Å². The summed E-state index contributed by atoms with van der Waals surface area (Å²) in [5, 5.41) is 33.7. The van der Waals surface area contributed by atoms with E-state index in [1.54, 1.807) is 28.0 Å². The monoisotopic (exact) mass is 991 g/mol. The number of morpholine rings is 1. The number of anilines is 2. The van der Waals surface area contributed by atoms with Crippen molar-refractivity contribution in [2.24, 2.45) is 12.5 Å². The third kappa shape index (κ3) is 9.53. The number of benzene rings is 1. The molecule has 2 amide bonds. The number of imide groups is 1. The third-order valence-corrected chi connectivity index (χ3v) is 16.0. The van der Waals surface area contributed by atoms with Gasteiger partial charge < -0.3 is 25.2 Å². The standard InChI is InChI=1S/C51H62N18O4/c1-63-31-36(26-57-63)42-30-54-46-45(59-42)61-62-67(46)33-40-32-65(21-22-73-40)49-55-27-37(28-56-49)51(9-3-2-4-10-51)34-50(11-13-52-14-12-50)24-39-29-53-15-16-68(39)66-19-17-64(18-20-66)38-5-6-41-35(23-38)25-58-69(48(41)72)43-7-8-44(70)60-47(43)71/h2-6,9,23,25-28,30-31,39-40,43,52-53H,7-8,10-22,24,29,32-34H2,1H3,(H,60,70,71)/t39?,40-,43?,51?/m0/s1. The van der Waals surface area contributed by atoms with Gasteiger partial charge in [0, 0.05) is 119 Å². The van der Waals surface area contributed by atoms with Crippen molar-refractivity contribution in [3.63, 3.8) is 0 Å². The SMILES string of the molecule is Cn1cc(-c2cnc3c(nnn3C[C@@H]3CN(c4ncc(C5(CC6(CC7CNCCN7N7CCN(c8ccc9c(=O)n(C%10CCC(=O)NC%10=O)ncc9c8)CC7)CCNCC6)C=CC=CC5)cn4)CCO3)n2)cn1. The van der Waals surface area contributed by atoms with E-state index in [-0.39, 0.29) is 41.2 Å². The van der Waals surface area contributed by atoms with Crippen molar-refractivity contribution in [2.75, 3.05) is 88.4 Å². The van der Waals surface area contributed by atoms with Gasteiger partial charge in [-0.1, -0.05) is 29.5 Å². The number of piperazine rings is 2. The number of piperidine rings is 2. The number of nitrogens with zero attached hydrogens (tertiary/aromatic N) is 15. The van der Waals surface area contributed by atoms with Crippen molar-refractivity contribution in [2.45, 2.75) is 75.1 Å². The fraction of sp³-hybridized carbons (Fsp3) is 0.510. The second-order valence-electron chi connectivity index (χ2n) is 20.7. The van der Waals surface area contributed by atoms with E-state index in [1.807, 2.05) is 31.4 Å². The van der Waals surface area contributed by atoms with Gasteiger partial charge in [-0.3, -0.25) is 24.4 Å². The minimum Gasteiger partial charge on any atom is -0.373 e. The number of carbonyl (C=O) groups excluding carboxylic acids is 2. The van der Waals surface area contributed by atoms with Gasteiger partial charge in [0.1, 0.15) is 6.04 Å². The highest BCUT2D eigenvalue weighted by Gasteiger charge is 2.45. The van der Waals surface area contributed by atoms with Crippen LogP contribution in [0, 0.1) is 5.41 Å². The molecule has 4 atom stereocenters. The normalized spacial score (nSPS) is 25.2. The van der Waals surface area contributed by atoms with E-state index >= 15 is 0 Å². The van der Waals surface area contributed by atoms with E-state index in [9.17, 15) is 14.4 Å². The van der Waals surface area contributed by atoms with E-state index in [0.717, 1.165) is 113 Å². The van der Waals surface area contributed by atoms with Gasteiger partial charge in [-0.05, 0) is 80.8 Å². The summed E-state index contributed by atoms with van der Waals surface area (Å²) in [6.07, 6.45) is 25.8. The van der Waals surface area contributed by atoms with Crippen molar-refractivity contribution >= 4 is 45.5 Å². The van der Waals surface area contributed by atoms with E-state index < -0.39 is 11.9 Å². The minimum atomic E-state index is -0.793. The van der Waals surface area contributed by atoms with Crippen LogP contribution in [0.4, 0.5) is 11.6 Å². The number of carbonyl (C=O) groups is 2. The molecule has 0 bridgehead atoms. The molecule has 0 spiro atoms. The molecule has 3 N–H and O–H groups in total. The molecule has 1 aliphatic carbocycles. The summed E-state index contributed by atoms with van der Waals surface area (Å²) in [6, 6.07) is 5.43. The Bertz CT molecular complexity index is 3120. The van der Waals surface area contributed by atoms with E-state index in [4.69, 9.17) is 19.7 Å². The van der Waals surface area contributed by atoms with Gasteiger partial charge in [0.15, 0.2) is 5.65 Å². The molecule has 10 heterocycles. The molecule has 12 rings (SSSR count). The zero-order valence-corrected chi connectivity index (χ0v) is 41.2. The molecule has 73 heavy (non-hydrogen) atoms. The van der Waals surface area contributed by atoms with Gasteiger partial charge in [-0.25, -0.2) is 39.3 Å². The van der Waals surface area contributed by atoms with Crippen LogP contribution in [0.5, 0.6) is 0 Å². The van der Waals surface area contributed by atoms with Crippen LogP contribution in [0.25, 0.3) is 33.3 Å². The number of amides is 2. The number of rotatable bonds is 12. The summed E-state index contributed by atoms with van der Waals surface area (Å²) in [4.78, 5) is 61.9. The molecule has 5 fully saturated rings. The topological polar surface area (TPSA) is 227 Å². The fourth-order valence-electron chi connectivity index (χ4n) is 12.2. The van der Waals surface area contributed by atoms with E-state index in [1.165, 1.54) is 4.68 Å². The first kappa shape index (κ1) is 47.2. The van der Waals surface area contributed by atoms with Gasteiger partial charge in [-0.15, -0.1) is 5.10 Å². The predicted octanol–water partition coefficient (Wildman–Crippen LogP) is 1.92. The molecule has 0 radical (unpaired) electrons. The first-order valence-electron chi connectivity index (χ1n) is 25.8. The van der Waals surface area contributed by atoms with Crippen LogP contribution in [0.3, 0.4) is 0 Å². The number of aryl methyl sites for hydroxylation is 1. The summed E-state index contributed by atoms with van der Waals surface area (Å²) in [5.74, 6) is -0.113. The number of hydrogen-bond donors (Lipinski definition) is 3. The number of ether oxygens (including phenoxy) is 1. The first-order valence-corrected chi connectivity index (χ1v) is 25.8. The van der Waals surface area contributed by atoms with Crippen molar-refractivity contribution in [3.05, 3.63) is 95.6 Å². The smallest absolute Gasteiger partial charge is 0.275 e. The zero-order chi connectivity index (χ0) is 49.5. The predicted molar refractivity (Wildman–Crippen MR) is 272 cm³/mol. The van der Waals surface area contributed by atoms with Gasteiger partial charge in [-0.2, -0.15) is 10.2 Å². The molecule has 1 aromatic carbocycles. The number of allylic oxidation sites excluding steroid dienone is 4.